The molecule has 0 bridgehead atoms. The number of hydrogen-bond donors (Lipinski definition) is 4. The molecule has 1 aromatic carbocycles. The molecule has 4 N–H and O–H groups in total. The molecular weight excluding hydrogens is 280 g/mol. The van der Waals surface area contributed by atoms with Crippen molar-refractivity contribution in [3.8, 4) is 0 Å². The van der Waals surface area contributed by atoms with Gasteiger partial charge in [0.25, 0.3) is 0 Å². The Hall–Kier alpha value is -1.15. The van der Waals surface area contributed by atoms with Gasteiger partial charge in [-0.25, -0.2) is 13.1 Å². The molecule has 0 aromatic heterocycles. The number of aliphatic hydroxyl groups is 2. The molecule has 1 saturated carbocycles. The molecule has 0 unspecified atom stereocenters. The monoisotopic (exact) mass is 300 g/mol. The Kier molecular flexibility index (Phi) is 4.33. The summed E-state index contributed by atoms with van der Waals surface area (Å²) >= 11 is 0. The molecule has 0 saturated heterocycles. The standard InChI is InChI=1S/C13H20N2O4S/c1-13(8-16,9-17)14-11-4-2-3-5-12(11)20(18,19)15-10-6-7-10/h2-5,10,14-17H,6-9H2,1H3. The van der Waals surface area contributed by atoms with E-state index in [0.717, 1.165) is 12.8 Å². The molecule has 0 atom stereocenters. The van der Waals surface area contributed by atoms with Crippen molar-refractivity contribution < 1.29 is 18.6 Å². The molecule has 20 heavy (non-hydrogen) atoms. The Morgan fingerprint density at radius 2 is 1.85 bits per heavy atom. The minimum atomic E-state index is -3.59. The second-order valence-electron chi connectivity index (χ2n) is 5.39. The molecule has 7 heteroatoms. The number of benzene rings is 1. The van der Waals surface area contributed by atoms with Crippen molar-refractivity contribution in [1.29, 1.82) is 0 Å². The van der Waals surface area contributed by atoms with E-state index in [1.54, 1.807) is 25.1 Å². The van der Waals surface area contributed by atoms with E-state index in [4.69, 9.17) is 0 Å². The second-order valence-corrected chi connectivity index (χ2v) is 7.08. The van der Waals surface area contributed by atoms with Gasteiger partial charge in [0.05, 0.1) is 24.4 Å². The van der Waals surface area contributed by atoms with E-state index in [-0.39, 0.29) is 24.2 Å². The van der Waals surface area contributed by atoms with Crippen LogP contribution < -0.4 is 10.0 Å². The van der Waals surface area contributed by atoms with Gasteiger partial charge in [-0.1, -0.05) is 12.1 Å². The Morgan fingerprint density at radius 1 is 1.25 bits per heavy atom. The SMILES string of the molecule is CC(CO)(CO)Nc1ccccc1S(=O)(=O)NC1CC1. The molecule has 6 nitrogen and oxygen atoms in total. The molecule has 0 aliphatic heterocycles. The maximum atomic E-state index is 12.3. The van der Waals surface area contributed by atoms with Crippen molar-refractivity contribution in [2.45, 2.75) is 36.2 Å². The zero-order chi connectivity index (χ0) is 14.8. The molecule has 0 radical (unpaired) electrons. The number of aliphatic hydroxyl groups excluding tert-OH is 2. The average Bonchev–Trinajstić information content (AvgIpc) is 3.22. The lowest BCUT2D eigenvalue weighted by Gasteiger charge is -2.28. The average molecular weight is 300 g/mol. The third kappa shape index (κ3) is 3.49. The molecule has 0 spiro atoms. The highest BCUT2D eigenvalue weighted by Crippen LogP contribution is 2.27. The highest BCUT2D eigenvalue weighted by Gasteiger charge is 2.31. The normalized spacial score (nSPS) is 16.1. The summed E-state index contributed by atoms with van der Waals surface area (Å²) in [6.07, 6.45) is 1.72. The summed E-state index contributed by atoms with van der Waals surface area (Å²) in [6, 6.07) is 6.48. The van der Waals surface area contributed by atoms with E-state index in [9.17, 15) is 18.6 Å². The van der Waals surface area contributed by atoms with E-state index in [2.05, 4.69) is 10.0 Å². The van der Waals surface area contributed by atoms with Gasteiger partial charge in [0, 0.05) is 6.04 Å². The van der Waals surface area contributed by atoms with E-state index >= 15 is 0 Å². The first kappa shape index (κ1) is 15.2. The molecular formula is C13H20N2O4S. The summed E-state index contributed by atoms with van der Waals surface area (Å²) in [4.78, 5) is 0.125. The van der Waals surface area contributed by atoms with E-state index in [1.807, 2.05) is 0 Å². The van der Waals surface area contributed by atoms with Crippen LogP contribution in [-0.4, -0.2) is 43.4 Å². The van der Waals surface area contributed by atoms with Crippen molar-refractivity contribution in [2.75, 3.05) is 18.5 Å². The van der Waals surface area contributed by atoms with Gasteiger partial charge in [-0.2, -0.15) is 0 Å². The fourth-order valence-electron chi connectivity index (χ4n) is 1.74. The summed E-state index contributed by atoms with van der Waals surface area (Å²) in [5, 5.41) is 21.5. The summed E-state index contributed by atoms with van der Waals surface area (Å²) in [6.45, 7) is 0.993. The summed E-state index contributed by atoms with van der Waals surface area (Å²) < 4.78 is 27.2. The lowest BCUT2D eigenvalue weighted by molar-refractivity contribution is 0.147. The van der Waals surface area contributed by atoms with E-state index in [1.165, 1.54) is 6.07 Å². The number of para-hydroxylation sites is 1. The highest BCUT2D eigenvalue weighted by molar-refractivity contribution is 7.89. The lowest BCUT2D eigenvalue weighted by atomic mass is 10.1. The summed E-state index contributed by atoms with van der Waals surface area (Å²) in [7, 11) is -3.59. The number of sulfonamides is 1. The van der Waals surface area contributed by atoms with E-state index < -0.39 is 15.6 Å². The molecule has 1 aliphatic carbocycles. The molecule has 1 fully saturated rings. The third-order valence-corrected chi connectivity index (χ3v) is 4.79. The van der Waals surface area contributed by atoms with Crippen molar-refractivity contribution in [3.63, 3.8) is 0 Å². The Labute approximate surface area is 118 Å². The Balaban J connectivity index is 2.30. The summed E-state index contributed by atoms with van der Waals surface area (Å²) in [5.74, 6) is 0. The third-order valence-electron chi connectivity index (χ3n) is 3.21. The number of hydrogen-bond acceptors (Lipinski definition) is 5. The van der Waals surface area contributed by atoms with Crippen molar-refractivity contribution >= 4 is 15.7 Å². The van der Waals surface area contributed by atoms with Gasteiger partial charge < -0.3 is 15.5 Å². The predicted octanol–water partition coefficient (Wildman–Crippen LogP) is 0.282. The zero-order valence-electron chi connectivity index (χ0n) is 11.3. The van der Waals surface area contributed by atoms with E-state index in [0.29, 0.717) is 5.69 Å². The van der Waals surface area contributed by atoms with Crippen LogP contribution in [-0.2, 0) is 10.0 Å². The minimum absolute atomic E-state index is 0.0233. The topological polar surface area (TPSA) is 98.7 Å². The Morgan fingerprint density at radius 3 is 2.40 bits per heavy atom. The fourth-order valence-corrected chi connectivity index (χ4v) is 3.21. The molecule has 1 aromatic rings. The molecule has 112 valence electrons. The molecule has 0 amide bonds. The number of rotatable bonds is 7. The first-order valence-electron chi connectivity index (χ1n) is 6.51. The van der Waals surface area contributed by atoms with Crippen LogP contribution in [0.2, 0.25) is 0 Å². The summed E-state index contributed by atoms with van der Waals surface area (Å²) in [5.41, 5.74) is -0.614. The first-order chi connectivity index (χ1) is 9.40. The van der Waals surface area contributed by atoms with Crippen LogP contribution in [0.25, 0.3) is 0 Å². The molecule has 2 rings (SSSR count). The highest BCUT2D eigenvalue weighted by atomic mass is 32.2. The smallest absolute Gasteiger partial charge is 0.242 e. The van der Waals surface area contributed by atoms with Gasteiger partial charge in [-0.05, 0) is 31.9 Å². The predicted molar refractivity (Wildman–Crippen MR) is 76.0 cm³/mol. The largest absolute Gasteiger partial charge is 0.394 e. The number of nitrogens with one attached hydrogen (secondary N) is 2. The lowest BCUT2D eigenvalue weighted by Crippen LogP contribution is -2.43. The minimum Gasteiger partial charge on any atom is -0.394 e. The van der Waals surface area contributed by atoms with Crippen LogP contribution in [0, 0.1) is 0 Å². The number of anilines is 1. The Bertz CT molecular complexity index is 565. The fraction of sp³-hybridized carbons (Fsp3) is 0.538. The van der Waals surface area contributed by atoms with Crippen LogP contribution >= 0.6 is 0 Å². The zero-order valence-corrected chi connectivity index (χ0v) is 12.2. The van der Waals surface area contributed by atoms with Gasteiger partial charge in [-0.15, -0.1) is 0 Å². The van der Waals surface area contributed by atoms with Gasteiger partial charge in [0.15, 0.2) is 0 Å². The van der Waals surface area contributed by atoms with Crippen molar-refractivity contribution in [3.05, 3.63) is 24.3 Å². The van der Waals surface area contributed by atoms with Gasteiger partial charge in [-0.3, -0.25) is 0 Å². The van der Waals surface area contributed by atoms with Crippen LogP contribution in [0.1, 0.15) is 19.8 Å². The second kappa shape index (κ2) is 5.69. The van der Waals surface area contributed by atoms with Crippen LogP contribution in [0.4, 0.5) is 5.69 Å². The van der Waals surface area contributed by atoms with Gasteiger partial charge in [0.1, 0.15) is 4.90 Å². The molecule has 0 heterocycles. The maximum Gasteiger partial charge on any atom is 0.242 e. The molecule has 1 aliphatic rings. The maximum absolute atomic E-state index is 12.3. The van der Waals surface area contributed by atoms with Crippen molar-refractivity contribution in [1.82, 2.24) is 4.72 Å². The van der Waals surface area contributed by atoms with Crippen LogP contribution in [0.15, 0.2) is 29.2 Å². The van der Waals surface area contributed by atoms with Crippen molar-refractivity contribution in [2.24, 2.45) is 0 Å². The van der Waals surface area contributed by atoms with Gasteiger partial charge in [0.2, 0.25) is 10.0 Å². The van der Waals surface area contributed by atoms with Gasteiger partial charge >= 0.3 is 0 Å². The van der Waals surface area contributed by atoms with Crippen LogP contribution in [0.3, 0.4) is 0 Å². The quantitative estimate of drug-likeness (QED) is 0.580. The van der Waals surface area contributed by atoms with Crippen LogP contribution in [0.5, 0.6) is 0 Å². The first-order valence-corrected chi connectivity index (χ1v) is 8.00.